The van der Waals surface area contributed by atoms with E-state index in [1.54, 1.807) is 18.3 Å². The number of carbonyl (C=O) groups is 2. The molecule has 1 amide bonds. The molecule has 2 aromatic carbocycles. The Kier molecular flexibility index (Phi) is 6.63. The fraction of sp³-hybridized carbons (Fsp3) is 0.0500. The highest BCUT2D eigenvalue weighted by Crippen LogP contribution is 2.36. The molecule has 0 saturated carbocycles. The molecule has 0 fully saturated rings. The smallest absolute Gasteiger partial charge is 0.294 e. The van der Waals surface area contributed by atoms with Gasteiger partial charge in [0.2, 0.25) is 10.9 Å². The summed E-state index contributed by atoms with van der Waals surface area (Å²) < 4.78 is 0.638. The molecule has 0 spiro atoms. The number of benzene rings is 2. The Morgan fingerprint density at radius 2 is 1.90 bits per heavy atom. The van der Waals surface area contributed by atoms with Crippen molar-refractivity contribution in [3.8, 4) is 0 Å². The summed E-state index contributed by atoms with van der Waals surface area (Å²) >= 11 is 9.95. The van der Waals surface area contributed by atoms with Gasteiger partial charge >= 0.3 is 0 Å². The van der Waals surface area contributed by atoms with Gasteiger partial charge in [-0.25, -0.2) is 0 Å². The molecule has 10 heteroatoms. The number of fused-ring (bicyclic) bond motifs is 1. The number of nitrogens with one attached hydrogen (secondary N) is 1. The number of nitrogens with zero attached hydrogens (tertiary/aromatic N) is 3. The molecule has 30 heavy (non-hydrogen) atoms. The average Bonchev–Trinajstić information content (AvgIpc) is 3.19. The van der Waals surface area contributed by atoms with Gasteiger partial charge in [0.25, 0.3) is 5.91 Å². The fourth-order valence-corrected chi connectivity index (χ4v) is 5.25. The average molecular weight is 473 g/mol. The summed E-state index contributed by atoms with van der Waals surface area (Å²) in [5.74, 6) is -1.16. The van der Waals surface area contributed by atoms with Crippen LogP contribution in [0.3, 0.4) is 0 Å². The molecule has 0 saturated heterocycles. The van der Waals surface area contributed by atoms with Gasteiger partial charge in [-0.3, -0.25) is 19.9 Å². The lowest BCUT2D eigenvalue weighted by atomic mass is 10.2. The van der Waals surface area contributed by atoms with Crippen molar-refractivity contribution in [3.63, 3.8) is 0 Å². The van der Waals surface area contributed by atoms with Gasteiger partial charge in [0.1, 0.15) is 0 Å². The van der Waals surface area contributed by atoms with E-state index in [0.29, 0.717) is 9.36 Å². The van der Waals surface area contributed by atoms with Crippen molar-refractivity contribution >= 4 is 74.2 Å². The number of pyridine rings is 1. The minimum Gasteiger partial charge on any atom is -0.294 e. The van der Waals surface area contributed by atoms with Gasteiger partial charge in [-0.1, -0.05) is 59.0 Å². The first kappa shape index (κ1) is 20.8. The maximum Gasteiger partial charge on any atom is 0.294 e. The van der Waals surface area contributed by atoms with Crippen molar-refractivity contribution < 1.29 is 9.59 Å². The van der Waals surface area contributed by atoms with Crippen molar-refractivity contribution in [1.29, 1.82) is 0 Å². The van der Waals surface area contributed by atoms with Gasteiger partial charge in [0, 0.05) is 26.4 Å². The first-order valence-electron chi connectivity index (χ1n) is 8.66. The van der Waals surface area contributed by atoms with E-state index >= 15 is 0 Å². The molecule has 150 valence electrons. The number of halogens is 1. The standard InChI is InChI=1S/C20H13ClN4O2S3/c21-12-6-7-14-15(10-12)22-9-8-17(14)29-20-25-24-19(30-20)23-18(27)16(26)11-28-13-4-2-1-3-5-13/h1-10H,11H2,(H,23,24,27). The van der Waals surface area contributed by atoms with Crippen LogP contribution in [-0.4, -0.2) is 32.6 Å². The minimum atomic E-state index is -0.699. The maximum atomic E-state index is 12.1. The Morgan fingerprint density at radius 3 is 2.73 bits per heavy atom. The molecule has 0 aliphatic heterocycles. The first-order chi connectivity index (χ1) is 14.6. The lowest BCUT2D eigenvalue weighted by Crippen LogP contribution is -2.24. The summed E-state index contributed by atoms with van der Waals surface area (Å²) in [6, 6.07) is 16.8. The second-order valence-electron chi connectivity index (χ2n) is 5.92. The molecule has 6 nitrogen and oxygen atoms in total. The third-order valence-corrected chi connectivity index (χ3v) is 7.07. The number of ketones is 1. The Balaban J connectivity index is 1.38. The van der Waals surface area contributed by atoms with Gasteiger partial charge < -0.3 is 0 Å². The molecule has 0 aliphatic carbocycles. The number of hydrogen-bond acceptors (Lipinski definition) is 8. The van der Waals surface area contributed by atoms with Crippen molar-refractivity contribution in [2.75, 3.05) is 11.1 Å². The largest absolute Gasteiger partial charge is 0.294 e. The maximum absolute atomic E-state index is 12.1. The third kappa shape index (κ3) is 5.17. The van der Waals surface area contributed by atoms with Crippen molar-refractivity contribution in [3.05, 3.63) is 65.8 Å². The van der Waals surface area contributed by atoms with Crippen LogP contribution in [0.4, 0.5) is 5.13 Å². The molecular weight excluding hydrogens is 460 g/mol. The molecule has 0 unspecified atom stereocenters. The Labute approximate surface area is 189 Å². The summed E-state index contributed by atoms with van der Waals surface area (Å²) in [5, 5.41) is 12.4. The molecule has 0 aliphatic rings. The number of rotatable bonds is 7. The van der Waals surface area contributed by atoms with E-state index in [4.69, 9.17) is 11.6 Å². The molecule has 1 N–H and O–H groups in total. The zero-order valence-electron chi connectivity index (χ0n) is 15.2. The summed E-state index contributed by atoms with van der Waals surface area (Å²) in [6.07, 6.45) is 1.70. The fourth-order valence-electron chi connectivity index (χ4n) is 2.48. The van der Waals surface area contributed by atoms with Crippen LogP contribution < -0.4 is 5.32 Å². The predicted molar refractivity (Wildman–Crippen MR) is 122 cm³/mol. The van der Waals surface area contributed by atoms with Crippen LogP contribution in [0.15, 0.2) is 74.9 Å². The number of hydrogen-bond donors (Lipinski definition) is 1. The molecule has 4 aromatic rings. The van der Waals surface area contributed by atoms with E-state index in [2.05, 4.69) is 20.5 Å². The molecule has 4 rings (SSSR count). The lowest BCUT2D eigenvalue weighted by molar-refractivity contribution is -0.133. The number of thioether (sulfide) groups is 1. The topological polar surface area (TPSA) is 84.8 Å². The van der Waals surface area contributed by atoms with E-state index in [0.717, 1.165) is 20.7 Å². The highest BCUT2D eigenvalue weighted by atomic mass is 35.5. The van der Waals surface area contributed by atoms with E-state index in [9.17, 15) is 9.59 Å². The highest BCUT2D eigenvalue weighted by Gasteiger charge is 2.17. The van der Waals surface area contributed by atoms with E-state index in [-0.39, 0.29) is 10.9 Å². The van der Waals surface area contributed by atoms with Gasteiger partial charge in [-0.2, -0.15) is 0 Å². The first-order valence-corrected chi connectivity index (χ1v) is 11.7. The van der Waals surface area contributed by atoms with Gasteiger partial charge in [0.05, 0.1) is 11.3 Å². The third-order valence-electron chi connectivity index (χ3n) is 3.86. The van der Waals surface area contributed by atoms with Gasteiger partial charge in [-0.15, -0.1) is 22.0 Å². The zero-order valence-corrected chi connectivity index (χ0v) is 18.4. The Bertz CT molecular complexity index is 1220. The van der Waals surface area contributed by atoms with Crippen LogP contribution in [-0.2, 0) is 9.59 Å². The summed E-state index contributed by atoms with van der Waals surface area (Å²) in [6.45, 7) is 0. The van der Waals surface area contributed by atoms with E-state index in [1.165, 1.54) is 34.9 Å². The Hall–Kier alpha value is -2.46. The lowest BCUT2D eigenvalue weighted by Gasteiger charge is -2.03. The molecule has 0 atom stereocenters. The molecule has 0 bridgehead atoms. The quantitative estimate of drug-likeness (QED) is 0.225. The van der Waals surface area contributed by atoms with Crippen LogP contribution in [0.2, 0.25) is 5.02 Å². The second-order valence-corrected chi connectivity index (χ2v) is 9.68. The predicted octanol–water partition coefficient (Wildman–Crippen LogP) is 5.19. The van der Waals surface area contributed by atoms with Crippen molar-refractivity contribution in [1.82, 2.24) is 15.2 Å². The summed E-state index contributed by atoms with van der Waals surface area (Å²) in [7, 11) is 0. The van der Waals surface area contributed by atoms with Crippen LogP contribution in [0.1, 0.15) is 0 Å². The van der Waals surface area contributed by atoms with Crippen molar-refractivity contribution in [2.45, 2.75) is 14.1 Å². The SMILES string of the molecule is O=C(CSc1ccccc1)C(=O)Nc1nnc(Sc2ccnc3cc(Cl)ccc23)s1. The number of anilines is 1. The monoisotopic (exact) mass is 472 g/mol. The zero-order chi connectivity index (χ0) is 20.9. The number of aromatic nitrogens is 3. The number of amides is 1. The van der Waals surface area contributed by atoms with Crippen LogP contribution in [0.5, 0.6) is 0 Å². The molecule has 2 aromatic heterocycles. The van der Waals surface area contributed by atoms with Gasteiger partial charge in [0.15, 0.2) is 4.34 Å². The van der Waals surface area contributed by atoms with Crippen LogP contribution in [0.25, 0.3) is 10.9 Å². The van der Waals surface area contributed by atoms with E-state index in [1.807, 2.05) is 42.5 Å². The molecule has 0 radical (unpaired) electrons. The molecule has 2 heterocycles. The minimum absolute atomic E-state index is 0.0574. The van der Waals surface area contributed by atoms with Gasteiger partial charge in [-0.05, 0) is 30.3 Å². The second kappa shape index (κ2) is 9.57. The molecular formula is C20H13ClN4O2S3. The summed E-state index contributed by atoms with van der Waals surface area (Å²) in [4.78, 5) is 30.4. The number of Topliss-reactive ketones (excluding diaryl/α,β-unsaturated/α-hetero) is 1. The Morgan fingerprint density at radius 1 is 1.07 bits per heavy atom. The normalized spacial score (nSPS) is 10.8. The summed E-state index contributed by atoms with van der Waals surface area (Å²) in [5.41, 5.74) is 0.784. The van der Waals surface area contributed by atoms with Crippen molar-refractivity contribution in [2.24, 2.45) is 0 Å². The van der Waals surface area contributed by atoms with Crippen LogP contribution >= 0.6 is 46.5 Å². The van der Waals surface area contributed by atoms with E-state index < -0.39 is 11.7 Å². The van der Waals surface area contributed by atoms with Crippen LogP contribution in [0, 0.1) is 0 Å². The highest BCUT2D eigenvalue weighted by molar-refractivity contribution is 8.01. The number of carbonyl (C=O) groups excluding carboxylic acids is 2.